The second kappa shape index (κ2) is 6.99. The van der Waals surface area contributed by atoms with Crippen LogP contribution in [0, 0.1) is 0 Å². The number of hydrogen-bond acceptors (Lipinski definition) is 4. The minimum absolute atomic E-state index is 0.337. The van der Waals surface area contributed by atoms with Crippen molar-refractivity contribution >= 4 is 33.6 Å². The van der Waals surface area contributed by atoms with Gasteiger partial charge in [-0.15, -0.1) is 0 Å². The smallest absolute Gasteiger partial charge is 0.330 e. The predicted molar refractivity (Wildman–Crippen MR) is 82.4 cm³/mol. The molecule has 4 nitrogen and oxygen atoms in total. The van der Waals surface area contributed by atoms with Gasteiger partial charge in [-0.05, 0) is 25.1 Å². The molecule has 2 aromatic rings. The van der Waals surface area contributed by atoms with Crippen molar-refractivity contribution in [2.24, 2.45) is 0 Å². The molecule has 2 rings (SSSR count). The van der Waals surface area contributed by atoms with Crippen LogP contribution in [0.5, 0.6) is 5.75 Å². The van der Waals surface area contributed by atoms with Crippen LogP contribution in [0.25, 0.3) is 16.0 Å². The van der Waals surface area contributed by atoms with Crippen molar-refractivity contribution in [3.8, 4) is 5.75 Å². The van der Waals surface area contributed by atoms with Crippen molar-refractivity contribution in [2.45, 2.75) is 6.92 Å². The van der Waals surface area contributed by atoms with Gasteiger partial charge in [-0.1, -0.05) is 29.8 Å². The van der Waals surface area contributed by atoms with Gasteiger partial charge in [0.15, 0.2) is 11.3 Å². The number of ether oxygens (including phenoxy) is 2. The average molecular weight is 307 g/mol. The standard InChI is InChI=1S/C16H15ClO4/c1-3-20-15(18)9-5-7-12(17)14-10-11-6-4-8-13(19-2)16(11)21-14/h4-10H,3H2,1-2H3. The molecule has 1 aromatic carbocycles. The van der Waals surface area contributed by atoms with E-state index in [1.165, 1.54) is 12.2 Å². The van der Waals surface area contributed by atoms with Crippen LogP contribution in [0.4, 0.5) is 0 Å². The summed E-state index contributed by atoms with van der Waals surface area (Å²) in [7, 11) is 1.58. The van der Waals surface area contributed by atoms with E-state index in [4.69, 9.17) is 25.5 Å². The molecule has 1 aromatic heterocycles. The quantitative estimate of drug-likeness (QED) is 0.473. The fourth-order valence-corrected chi connectivity index (χ4v) is 1.96. The lowest BCUT2D eigenvalue weighted by atomic mass is 10.2. The van der Waals surface area contributed by atoms with Gasteiger partial charge in [0, 0.05) is 11.5 Å². The molecule has 0 aliphatic rings. The maximum absolute atomic E-state index is 11.2. The van der Waals surface area contributed by atoms with Crippen LogP contribution in [0.2, 0.25) is 0 Å². The third kappa shape index (κ3) is 3.67. The maximum Gasteiger partial charge on any atom is 0.330 e. The van der Waals surface area contributed by atoms with E-state index in [-0.39, 0.29) is 0 Å². The van der Waals surface area contributed by atoms with Crippen molar-refractivity contribution in [3.63, 3.8) is 0 Å². The maximum atomic E-state index is 11.2. The summed E-state index contributed by atoms with van der Waals surface area (Å²) in [5.41, 5.74) is 0.635. The Hall–Kier alpha value is -2.20. The number of benzene rings is 1. The third-order valence-electron chi connectivity index (χ3n) is 2.72. The topological polar surface area (TPSA) is 48.7 Å². The first kappa shape index (κ1) is 15.2. The highest BCUT2D eigenvalue weighted by Crippen LogP contribution is 2.32. The van der Waals surface area contributed by atoms with E-state index < -0.39 is 5.97 Å². The monoisotopic (exact) mass is 306 g/mol. The average Bonchev–Trinajstić information content (AvgIpc) is 2.91. The summed E-state index contributed by atoms with van der Waals surface area (Å²) >= 11 is 6.16. The van der Waals surface area contributed by atoms with Crippen molar-refractivity contribution in [2.75, 3.05) is 13.7 Å². The van der Waals surface area contributed by atoms with Gasteiger partial charge < -0.3 is 13.9 Å². The number of hydrogen-bond donors (Lipinski definition) is 0. The van der Waals surface area contributed by atoms with Crippen LogP contribution < -0.4 is 4.74 Å². The van der Waals surface area contributed by atoms with Crippen LogP contribution in [0.3, 0.4) is 0 Å². The summed E-state index contributed by atoms with van der Waals surface area (Å²) in [6.07, 6.45) is 4.39. The fourth-order valence-electron chi connectivity index (χ4n) is 1.80. The fraction of sp³-hybridized carbons (Fsp3) is 0.188. The molecule has 0 aliphatic carbocycles. The van der Waals surface area contributed by atoms with Crippen molar-refractivity contribution in [1.29, 1.82) is 0 Å². The second-order valence-electron chi connectivity index (χ2n) is 4.12. The Bertz CT molecular complexity index is 697. The largest absolute Gasteiger partial charge is 0.493 e. The number of halogens is 1. The van der Waals surface area contributed by atoms with Gasteiger partial charge in [0.05, 0.1) is 18.7 Å². The Morgan fingerprint density at radius 1 is 1.43 bits per heavy atom. The van der Waals surface area contributed by atoms with Gasteiger partial charge in [0.2, 0.25) is 0 Å². The van der Waals surface area contributed by atoms with Crippen LogP contribution in [0.15, 0.2) is 46.9 Å². The second-order valence-corrected chi connectivity index (χ2v) is 4.52. The van der Waals surface area contributed by atoms with Gasteiger partial charge in [-0.2, -0.15) is 0 Å². The van der Waals surface area contributed by atoms with E-state index in [0.717, 1.165) is 5.39 Å². The van der Waals surface area contributed by atoms with Crippen LogP contribution in [-0.4, -0.2) is 19.7 Å². The van der Waals surface area contributed by atoms with Crippen LogP contribution >= 0.6 is 11.6 Å². The first-order valence-electron chi connectivity index (χ1n) is 6.43. The summed E-state index contributed by atoms with van der Waals surface area (Å²) in [6.45, 7) is 2.08. The molecule has 0 saturated carbocycles. The summed E-state index contributed by atoms with van der Waals surface area (Å²) in [4.78, 5) is 11.2. The Labute approximate surface area is 127 Å². The van der Waals surface area contributed by atoms with Gasteiger partial charge in [-0.3, -0.25) is 0 Å². The van der Waals surface area contributed by atoms with Crippen molar-refractivity contribution < 1.29 is 18.7 Å². The third-order valence-corrected chi connectivity index (χ3v) is 3.04. The van der Waals surface area contributed by atoms with E-state index >= 15 is 0 Å². The first-order chi connectivity index (χ1) is 10.2. The molecule has 0 amide bonds. The van der Waals surface area contributed by atoms with Gasteiger partial charge in [0.25, 0.3) is 0 Å². The lowest BCUT2D eigenvalue weighted by Crippen LogP contribution is -1.98. The lowest BCUT2D eigenvalue weighted by molar-refractivity contribution is -0.137. The zero-order valence-corrected chi connectivity index (χ0v) is 12.5. The molecule has 0 N–H and O–H groups in total. The van der Waals surface area contributed by atoms with Crippen LogP contribution in [-0.2, 0) is 9.53 Å². The van der Waals surface area contributed by atoms with E-state index in [0.29, 0.717) is 28.7 Å². The number of fused-ring (bicyclic) bond motifs is 1. The highest BCUT2D eigenvalue weighted by Gasteiger charge is 2.10. The predicted octanol–water partition coefficient (Wildman–Crippen LogP) is 4.14. The van der Waals surface area contributed by atoms with E-state index in [2.05, 4.69) is 0 Å². The molecule has 0 saturated heterocycles. The van der Waals surface area contributed by atoms with Gasteiger partial charge in [0.1, 0.15) is 5.76 Å². The Kier molecular flexibility index (Phi) is 5.06. The SMILES string of the molecule is CCOC(=O)C=CC=C(Cl)c1cc2cccc(OC)c2o1. The molecule has 110 valence electrons. The lowest BCUT2D eigenvalue weighted by Gasteiger charge is -1.98. The number of methoxy groups -OCH3 is 1. The molecule has 5 heteroatoms. The molecule has 1 heterocycles. The number of carbonyl (C=O) groups is 1. The van der Waals surface area contributed by atoms with Crippen molar-refractivity contribution in [1.82, 2.24) is 0 Å². The molecular formula is C16H15ClO4. The molecule has 21 heavy (non-hydrogen) atoms. The first-order valence-corrected chi connectivity index (χ1v) is 6.81. The zero-order valence-electron chi connectivity index (χ0n) is 11.8. The van der Waals surface area contributed by atoms with E-state index in [1.807, 2.05) is 24.3 Å². The molecular weight excluding hydrogens is 292 g/mol. The Morgan fingerprint density at radius 2 is 2.24 bits per heavy atom. The minimum atomic E-state index is -0.413. The van der Waals surface area contributed by atoms with E-state index in [9.17, 15) is 4.79 Å². The molecule has 0 radical (unpaired) electrons. The van der Waals surface area contributed by atoms with E-state index in [1.54, 1.807) is 20.1 Å². The molecule has 0 aliphatic heterocycles. The number of furan rings is 1. The highest BCUT2D eigenvalue weighted by molar-refractivity contribution is 6.48. The molecule has 0 unspecified atom stereocenters. The normalized spacial score (nSPS) is 12.0. The number of carbonyl (C=O) groups excluding carboxylic acids is 1. The number of esters is 1. The zero-order chi connectivity index (χ0) is 15.2. The Balaban J connectivity index is 2.23. The van der Waals surface area contributed by atoms with Crippen LogP contribution in [0.1, 0.15) is 12.7 Å². The highest BCUT2D eigenvalue weighted by atomic mass is 35.5. The molecule has 0 fully saturated rings. The Morgan fingerprint density at radius 3 is 2.95 bits per heavy atom. The number of allylic oxidation sites excluding steroid dienone is 2. The summed E-state index contributed by atoms with van der Waals surface area (Å²) in [5, 5.41) is 1.28. The number of para-hydroxylation sites is 1. The minimum Gasteiger partial charge on any atom is -0.493 e. The molecule has 0 bridgehead atoms. The molecule has 0 atom stereocenters. The summed E-state index contributed by atoms with van der Waals surface area (Å²) < 4.78 is 15.7. The molecule has 0 spiro atoms. The number of rotatable bonds is 5. The van der Waals surface area contributed by atoms with Crippen molar-refractivity contribution in [3.05, 3.63) is 48.3 Å². The summed E-state index contributed by atoms with van der Waals surface area (Å²) in [6, 6.07) is 7.41. The van der Waals surface area contributed by atoms with Gasteiger partial charge in [-0.25, -0.2) is 4.79 Å². The summed E-state index contributed by atoms with van der Waals surface area (Å²) in [5.74, 6) is 0.736. The van der Waals surface area contributed by atoms with Gasteiger partial charge >= 0.3 is 5.97 Å².